The Morgan fingerprint density at radius 2 is 1.39 bits per heavy atom. The Bertz CT molecular complexity index is 306. The van der Waals surface area contributed by atoms with Gasteiger partial charge in [-0.05, 0) is 24.1 Å². The van der Waals surface area contributed by atoms with E-state index in [4.69, 9.17) is 8.85 Å². The fourth-order valence-corrected chi connectivity index (χ4v) is 5.47. The van der Waals surface area contributed by atoms with E-state index in [1.807, 2.05) is 6.07 Å². The molecule has 0 bridgehead atoms. The summed E-state index contributed by atoms with van der Waals surface area (Å²) in [6.45, 7) is 8.09. The first kappa shape index (κ1) is 15.4. The van der Waals surface area contributed by atoms with Crippen molar-refractivity contribution in [3.05, 3.63) is 30.3 Å². The molecular weight excluding hydrogens is 240 g/mol. The van der Waals surface area contributed by atoms with E-state index in [0.29, 0.717) is 0 Å². The van der Waals surface area contributed by atoms with Crippen molar-refractivity contribution in [2.24, 2.45) is 0 Å². The Balaban J connectivity index is 2.94. The van der Waals surface area contributed by atoms with Crippen LogP contribution in [0, 0.1) is 0 Å². The molecule has 102 valence electrons. The third-order valence-electron chi connectivity index (χ3n) is 2.87. The van der Waals surface area contributed by atoms with E-state index in [2.05, 4.69) is 45.0 Å². The van der Waals surface area contributed by atoms with Gasteiger partial charge >= 0.3 is 8.56 Å². The van der Waals surface area contributed by atoms with Gasteiger partial charge in [-0.15, -0.1) is 0 Å². The maximum absolute atomic E-state index is 6.22. The van der Waals surface area contributed by atoms with Crippen molar-refractivity contribution in [2.45, 2.75) is 46.1 Å². The molecule has 1 aromatic carbocycles. The zero-order chi connectivity index (χ0) is 13.3. The Hall–Kier alpha value is -0.643. The van der Waals surface area contributed by atoms with Crippen LogP contribution in [-0.4, -0.2) is 21.8 Å². The van der Waals surface area contributed by atoms with Crippen LogP contribution in [0.1, 0.15) is 40.0 Å². The minimum absolute atomic E-state index is 0.796. The fraction of sp³-hybridized carbons (Fsp3) is 0.600. The van der Waals surface area contributed by atoms with Crippen LogP contribution in [0.25, 0.3) is 0 Å². The van der Waals surface area contributed by atoms with Crippen molar-refractivity contribution >= 4 is 13.7 Å². The van der Waals surface area contributed by atoms with E-state index >= 15 is 0 Å². The molecule has 2 nitrogen and oxygen atoms in total. The third kappa shape index (κ3) is 4.23. The predicted octanol–water partition coefficient (Wildman–Crippen LogP) is 3.60. The van der Waals surface area contributed by atoms with Crippen LogP contribution >= 0.6 is 0 Å². The van der Waals surface area contributed by atoms with Crippen molar-refractivity contribution in [2.75, 3.05) is 13.2 Å². The van der Waals surface area contributed by atoms with Crippen molar-refractivity contribution in [3.63, 3.8) is 0 Å². The topological polar surface area (TPSA) is 18.5 Å². The second-order valence-corrected chi connectivity index (χ2v) is 7.73. The highest BCUT2D eigenvalue weighted by atomic mass is 28.4. The molecule has 0 atom stereocenters. The highest BCUT2D eigenvalue weighted by Crippen LogP contribution is 2.17. The van der Waals surface area contributed by atoms with Crippen molar-refractivity contribution in [3.8, 4) is 0 Å². The maximum Gasteiger partial charge on any atom is 0.372 e. The van der Waals surface area contributed by atoms with Crippen LogP contribution in [0.15, 0.2) is 30.3 Å². The predicted molar refractivity (Wildman–Crippen MR) is 79.4 cm³/mol. The van der Waals surface area contributed by atoms with Crippen LogP contribution in [0.5, 0.6) is 0 Å². The first-order valence-electron chi connectivity index (χ1n) is 7.12. The zero-order valence-electron chi connectivity index (χ0n) is 11.9. The van der Waals surface area contributed by atoms with Gasteiger partial charge in [-0.1, -0.05) is 57.5 Å². The number of hydrogen-bond acceptors (Lipinski definition) is 2. The van der Waals surface area contributed by atoms with Gasteiger partial charge < -0.3 is 8.85 Å². The summed E-state index contributed by atoms with van der Waals surface area (Å²) in [5.74, 6) is 0. The maximum atomic E-state index is 6.22. The van der Waals surface area contributed by atoms with Gasteiger partial charge in [-0.2, -0.15) is 0 Å². The molecule has 0 N–H and O–H groups in total. The van der Waals surface area contributed by atoms with Crippen molar-refractivity contribution in [1.82, 2.24) is 0 Å². The highest BCUT2D eigenvalue weighted by molar-refractivity contribution is 6.81. The summed E-state index contributed by atoms with van der Waals surface area (Å²) in [5, 5.41) is 1.27. The van der Waals surface area contributed by atoms with Gasteiger partial charge in [0.1, 0.15) is 0 Å². The van der Waals surface area contributed by atoms with E-state index in [0.717, 1.165) is 38.5 Å². The smallest absolute Gasteiger partial charge is 0.372 e. The van der Waals surface area contributed by atoms with Gasteiger partial charge in [-0.3, -0.25) is 0 Å². The second-order valence-electron chi connectivity index (χ2n) is 4.57. The molecule has 0 spiro atoms. The number of benzene rings is 1. The number of hydrogen-bond donors (Lipinski definition) is 0. The number of rotatable bonds is 9. The van der Waals surface area contributed by atoms with Crippen LogP contribution in [-0.2, 0) is 8.85 Å². The van der Waals surface area contributed by atoms with Crippen LogP contribution in [0.4, 0.5) is 0 Å². The minimum atomic E-state index is -2.21. The summed E-state index contributed by atoms with van der Waals surface area (Å²) in [7, 11) is -2.21. The Labute approximate surface area is 113 Å². The Morgan fingerprint density at radius 1 is 0.833 bits per heavy atom. The summed E-state index contributed by atoms with van der Waals surface area (Å²) >= 11 is 0. The van der Waals surface area contributed by atoms with Gasteiger partial charge in [0.05, 0.1) is 0 Å². The molecule has 0 aromatic heterocycles. The molecule has 0 radical (unpaired) electrons. The first-order chi connectivity index (χ1) is 8.79. The zero-order valence-corrected chi connectivity index (χ0v) is 12.9. The summed E-state index contributed by atoms with van der Waals surface area (Å²) in [4.78, 5) is 0. The quantitative estimate of drug-likeness (QED) is 0.636. The Kier molecular flexibility index (Phi) is 7.24. The Morgan fingerprint density at radius 3 is 1.83 bits per heavy atom. The van der Waals surface area contributed by atoms with E-state index in [-0.39, 0.29) is 0 Å². The SMILES string of the molecule is CCCO[Si](CCC)(OCCC)c1ccccc1. The molecule has 0 saturated heterocycles. The average molecular weight is 266 g/mol. The lowest BCUT2D eigenvalue weighted by atomic mass is 10.4. The summed E-state index contributed by atoms with van der Waals surface area (Å²) in [6, 6.07) is 11.6. The van der Waals surface area contributed by atoms with E-state index in [9.17, 15) is 0 Å². The van der Waals surface area contributed by atoms with E-state index in [1.54, 1.807) is 0 Å². The van der Waals surface area contributed by atoms with Gasteiger partial charge in [0.15, 0.2) is 0 Å². The third-order valence-corrected chi connectivity index (χ3v) is 6.58. The molecule has 3 heteroatoms. The molecule has 18 heavy (non-hydrogen) atoms. The molecule has 1 rings (SSSR count). The lowest BCUT2D eigenvalue weighted by Gasteiger charge is -2.30. The summed E-state index contributed by atoms with van der Waals surface area (Å²) < 4.78 is 12.4. The molecule has 1 aromatic rings. The van der Waals surface area contributed by atoms with Crippen molar-refractivity contribution < 1.29 is 8.85 Å². The molecule has 0 aliphatic heterocycles. The summed E-state index contributed by atoms with van der Waals surface area (Å²) in [5.41, 5.74) is 0. The molecule has 0 heterocycles. The van der Waals surface area contributed by atoms with Gasteiger partial charge in [-0.25, -0.2) is 0 Å². The molecule has 0 aliphatic rings. The van der Waals surface area contributed by atoms with Crippen LogP contribution in [0.2, 0.25) is 6.04 Å². The lowest BCUT2D eigenvalue weighted by molar-refractivity contribution is 0.179. The van der Waals surface area contributed by atoms with Gasteiger partial charge in [0.25, 0.3) is 0 Å². The standard InChI is InChI=1S/C15H26O2Si/c1-4-12-16-18(14-6-3,17-13-5-2)15-10-8-7-9-11-15/h7-11H,4-6,12-14H2,1-3H3. The van der Waals surface area contributed by atoms with E-state index < -0.39 is 8.56 Å². The second kappa shape index (κ2) is 8.46. The first-order valence-corrected chi connectivity index (χ1v) is 9.14. The molecule has 0 unspecified atom stereocenters. The lowest BCUT2D eigenvalue weighted by Crippen LogP contribution is -2.54. The van der Waals surface area contributed by atoms with Crippen LogP contribution in [0.3, 0.4) is 0 Å². The fourth-order valence-electron chi connectivity index (χ4n) is 2.05. The van der Waals surface area contributed by atoms with Crippen molar-refractivity contribution in [1.29, 1.82) is 0 Å². The molecule has 0 saturated carbocycles. The molecule has 0 fully saturated rings. The van der Waals surface area contributed by atoms with Gasteiger partial charge in [0.2, 0.25) is 0 Å². The molecular formula is C15H26O2Si. The largest absolute Gasteiger partial charge is 0.391 e. The highest BCUT2D eigenvalue weighted by Gasteiger charge is 2.38. The van der Waals surface area contributed by atoms with Crippen LogP contribution < -0.4 is 5.19 Å². The monoisotopic (exact) mass is 266 g/mol. The summed E-state index contributed by atoms with van der Waals surface area (Å²) in [6.07, 6.45) is 3.19. The normalized spacial score (nSPS) is 11.7. The van der Waals surface area contributed by atoms with Gasteiger partial charge in [0, 0.05) is 13.2 Å². The average Bonchev–Trinajstić information content (AvgIpc) is 2.43. The van der Waals surface area contributed by atoms with E-state index in [1.165, 1.54) is 5.19 Å². The minimum Gasteiger partial charge on any atom is -0.391 e. The molecule has 0 aliphatic carbocycles. The molecule has 0 amide bonds.